The Morgan fingerprint density at radius 1 is 1.06 bits per heavy atom. The molecule has 5 heteroatoms. The van der Waals surface area contributed by atoms with Crippen molar-refractivity contribution >= 4 is 5.91 Å². The van der Waals surface area contributed by atoms with E-state index in [4.69, 9.17) is 5.73 Å². The van der Waals surface area contributed by atoms with E-state index in [1.54, 1.807) is 0 Å². The van der Waals surface area contributed by atoms with Gasteiger partial charge in [0.15, 0.2) is 0 Å². The average Bonchev–Trinajstić information content (AvgIpc) is 2.80. The third-order valence-electron chi connectivity index (χ3n) is 6.46. The molecule has 0 radical (unpaired) electrons. The fraction of sp³-hybridized carbons (Fsp3) is 0.370. The number of carbonyl (C=O) groups excluding carboxylic acids is 1. The van der Waals surface area contributed by atoms with Gasteiger partial charge in [-0.3, -0.25) is 9.69 Å². The fourth-order valence-electron chi connectivity index (χ4n) is 4.74. The number of piperidine rings is 1. The first-order valence-electron chi connectivity index (χ1n) is 11.4. The maximum atomic E-state index is 12.8. The Bertz CT molecular complexity index is 1050. The summed E-state index contributed by atoms with van der Waals surface area (Å²) in [6.07, 6.45) is 6.22. The van der Waals surface area contributed by atoms with E-state index in [-0.39, 0.29) is 5.91 Å². The highest BCUT2D eigenvalue weighted by Crippen LogP contribution is 2.37. The molecule has 2 N–H and O–H groups in total. The monoisotopic (exact) mass is 428 g/mol. The zero-order chi connectivity index (χ0) is 22.6. The van der Waals surface area contributed by atoms with Gasteiger partial charge in [-0.2, -0.15) is 0 Å². The number of benzene rings is 2. The van der Waals surface area contributed by atoms with E-state index < -0.39 is 5.41 Å². The molecule has 1 amide bonds. The van der Waals surface area contributed by atoms with Crippen LogP contribution in [0.25, 0.3) is 11.1 Å². The molecular weight excluding hydrogens is 396 g/mol. The van der Waals surface area contributed by atoms with E-state index in [0.717, 1.165) is 42.9 Å². The van der Waals surface area contributed by atoms with Crippen molar-refractivity contribution in [3.8, 4) is 11.1 Å². The lowest BCUT2D eigenvalue weighted by Gasteiger charge is -2.41. The van der Waals surface area contributed by atoms with E-state index >= 15 is 0 Å². The topological polar surface area (TPSA) is 72.1 Å². The number of aromatic nitrogens is 2. The van der Waals surface area contributed by atoms with Crippen molar-refractivity contribution in [1.29, 1.82) is 0 Å². The van der Waals surface area contributed by atoms with E-state index in [9.17, 15) is 4.79 Å². The molecule has 32 heavy (non-hydrogen) atoms. The molecular formula is C27H32N4O. The lowest BCUT2D eigenvalue weighted by molar-refractivity contribution is -0.131. The zero-order valence-electron chi connectivity index (χ0n) is 19.0. The molecule has 0 bridgehead atoms. The van der Waals surface area contributed by atoms with Gasteiger partial charge >= 0.3 is 0 Å². The van der Waals surface area contributed by atoms with Crippen molar-refractivity contribution in [2.75, 3.05) is 13.1 Å². The molecule has 0 aliphatic carbocycles. The summed E-state index contributed by atoms with van der Waals surface area (Å²) in [5.74, 6) is 0.957. The van der Waals surface area contributed by atoms with E-state index in [1.807, 2.05) is 36.7 Å². The van der Waals surface area contributed by atoms with Gasteiger partial charge in [0.05, 0.1) is 5.41 Å². The largest absolute Gasteiger partial charge is 0.369 e. The molecule has 1 aromatic heterocycles. The van der Waals surface area contributed by atoms with Crippen LogP contribution in [0.15, 0.2) is 67.0 Å². The maximum Gasteiger partial charge on any atom is 0.225 e. The number of nitrogens with zero attached hydrogens (tertiary/aromatic N) is 3. The van der Waals surface area contributed by atoms with Crippen LogP contribution in [-0.4, -0.2) is 33.9 Å². The van der Waals surface area contributed by atoms with Crippen molar-refractivity contribution in [3.05, 3.63) is 83.9 Å². The number of hydrogen-bond acceptors (Lipinski definition) is 4. The predicted octanol–water partition coefficient (Wildman–Crippen LogP) is 4.58. The molecule has 0 spiro atoms. The lowest BCUT2D eigenvalue weighted by Crippen LogP contribution is -2.51. The number of rotatable bonds is 7. The molecule has 2 aromatic carbocycles. The minimum Gasteiger partial charge on any atom is -0.369 e. The van der Waals surface area contributed by atoms with E-state index in [0.29, 0.717) is 18.9 Å². The van der Waals surface area contributed by atoms with Crippen molar-refractivity contribution in [2.45, 2.75) is 45.6 Å². The van der Waals surface area contributed by atoms with Gasteiger partial charge in [-0.1, -0.05) is 68.4 Å². The van der Waals surface area contributed by atoms with Gasteiger partial charge in [-0.25, -0.2) is 9.97 Å². The predicted molar refractivity (Wildman–Crippen MR) is 128 cm³/mol. The standard InChI is InChI=1S/C27H32N4O/c1-20(2)25-29-16-21(17-30-25)18-31-14-8-13-27(19-31,26(28)32)15-23-11-6-7-12-24(23)22-9-4-3-5-10-22/h3-7,9-12,16-17,20H,8,13-15,18-19H2,1-2H3,(H2,28,32)/t27-/m0/s1. The molecule has 0 unspecified atom stereocenters. The number of likely N-dealkylation sites (tertiary alicyclic amines) is 1. The van der Waals surface area contributed by atoms with Gasteiger partial charge in [0.1, 0.15) is 5.82 Å². The summed E-state index contributed by atoms with van der Waals surface area (Å²) in [5, 5.41) is 0. The molecule has 1 saturated heterocycles. The van der Waals surface area contributed by atoms with E-state index in [1.165, 1.54) is 11.1 Å². The fourth-order valence-corrected chi connectivity index (χ4v) is 4.74. The molecule has 1 aliphatic rings. The molecule has 4 rings (SSSR count). The van der Waals surface area contributed by atoms with Crippen molar-refractivity contribution < 1.29 is 4.79 Å². The average molecular weight is 429 g/mol. The van der Waals surface area contributed by atoms with Crippen LogP contribution in [0.2, 0.25) is 0 Å². The van der Waals surface area contributed by atoms with E-state index in [2.05, 4.69) is 59.0 Å². The first kappa shape index (κ1) is 22.2. The highest BCUT2D eigenvalue weighted by molar-refractivity contribution is 5.82. The van der Waals surface area contributed by atoms with Gasteiger partial charge in [-0.15, -0.1) is 0 Å². The van der Waals surface area contributed by atoms with Crippen LogP contribution in [0.1, 0.15) is 49.6 Å². The van der Waals surface area contributed by atoms with Crippen LogP contribution in [0.5, 0.6) is 0 Å². The SMILES string of the molecule is CC(C)c1ncc(CN2CCC[C@@](Cc3ccccc3-c3ccccc3)(C(N)=O)C2)cn1. The van der Waals surface area contributed by atoms with Gasteiger partial charge in [0, 0.05) is 37.0 Å². The summed E-state index contributed by atoms with van der Waals surface area (Å²) in [6.45, 7) is 6.51. The first-order chi connectivity index (χ1) is 15.5. The summed E-state index contributed by atoms with van der Waals surface area (Å²) in [6, 6.07) is 18.7. The summed E-state index contributed by atoms with van der Waals surface area (Å²) in [4.78, 5) is 24.1. The van der Waals surface area contributed by atoms with Crippen LogP contribution in [0, 0.1) is 5.41 Å². The smallest absolute Gasteiger partial charge is 0.225 e. The molecule has 5 nitrogen and oxygen atoms in total. The Balaban J connectivity index is 1.56. The van der Waals surface area contributed by atoms with Gasteiger partial charge in [0.25, 0.3) is 0 Å². The van der Waals surface area contributed by atoms with Gasteiger partial charge in [0.2, 0.25) is 5.91 Å². The highest BCUT2D eigenvalue weighted by Gasteiger charge is 2.41. The maximum absolute atomic E-state index is 12.8. The molecule has 166 valence electrons. The number of hydrogen-bond donors (Lipinski definition) is 1. The summed E-state index contributed by atoms with van der Waals surface area (Å²) in [7, 11) is 0. The number of primary amides is 1. The second-order valence-electron chi connectivity index (χ2n) is 9.26. The lowest BCUT2D eigenvalue weighted by atomic mass is 9.73. The minimum absolute atomic E-state index is 0.212. The Kier molecular flexibility index (Phi) is 6.66. The number of carbonyl (C=O) groups is 1. The second-order valence-corrected chi connectivity index (χ2v) is 9.26. The van der Waals surface area contributed by atoms with Gasteiger partial charge < -0.3 is 5.73 Å². The number of amides is 1. The summed E-state index contributed by atoms with van der Waals surface area (Å²) < 4.78 is 0. The van der Waals surface area contributed by atoms with Crippen LogP contribution in [-0.2, 0) is 17.8 Å². The first-order valence-corrected chi connectivity index (χ1v) is 11.4. The minimum atomic E-state index is -0.581. The zero-order valence-corrected chi connectivity index (χ0v) is 19.0. The van der Waals surface area contributed by atoms with Crippen LogP contribution in [0.3, 0.4) is 0 Å². The molecule has 3 aromatic rings. The molecule has 0 saturated carbocycles. The Hall–Kier alpha value is -3.05. The third kappa shape index (κ3) is 4.89. The Morgan fingerprint density at radius 2 is 1.75 bits per heavy atom. The second kappa shape index (κ2) is 9.61. The van der Waals surface area contributed by atoms with Crippen LogP contribution >= 0.6 is 0 Å². The Morgan fingerprint density at radius 3 is 2.44 bits per heavy atom. The third-order valence-corrected chi connectivity index (χ3v) is 6.46. The summed E-state index contributed by atoms with van der Waals surface area (Å²) >= 11 is 0. The van der Waals surface area contributed by atoms with Crippen molar-refractivity contribution in [3.63, 3.8) is 0 Å². The molecule has 2 heterocycles. The van der Waals surface area contributed by atoms with Crippen LogP contribution in [0.4, 0.5) is 0 Å². The van der Waals surface area contributed by atoms with Crippen LogP contribution < -0.4 is 5.73 Å². The van der Waals surface area contributed by atoms with Crippen molar-refractivity contribution in [2.24, 2.45) is 11.1 Å². The van der Waals surface area contributed by atoms with Crippen molar-refractivity contribution in [1.82, 2.24) is 14.9 Å². The molecule has 1 atom stereocenters. The molecule has 1 fully saturated rings. The normalized spacial score (nSPS) is 19.2. The Labute approximate surface area is 190 Å². The highest BCUT2D eigenvalue weighted by atomic mass is 16.1. The quantitative estimate of drug-likeness (QED) is 0.598. The van der Waals surface area contributed by atoms with Gasteiger partial charge in [-0.05, 0) is 42.5 Å². The number of nitrogens with two attached hydrogens (primary N) is 1. The molecule has 1 aliphatic heterocycles. The summed E-state index contributed by atoms with van der Waals surface area (Å²) in [5.41, 5.74) is 10.0.